The van der Waals surface area contributed by atoms with E-state index in [1.165, 1.54) is 0 Å². The highest BCUT2D eigenvalue weighted by Gasteiger charge is 2.28. The van der Waals surface area contributed by atoms with Gasteiger partial charge >= 0.3 is 5.97 Å². The van der Waals surface area contributed by atoms with E-state index in [0.29, 0.717) is 11.1 Å². The standard InChI is InChI=1S/C24H32FNO3S/c1-8-29-21(27)14-20(26-30(28)24(5,6)7)19-13-18(12-17(4)23(19)25)22-15(2)10-9-11-16(22)3/h9-13,20,26H,8,14H2,1-7H3/t20-,30+/m0/s1. The molecular formula is C24H32FNO3S. The first-order valence-corrected chi connectivity index (χ1v) is 11.3. The average Bonchev–Trinajstić information content (AvgIpc) is 2.63. The molecule has 0 bridgehead atoms. The maximum absolute atomic E-state index is 15.2. The Hall–Kier alpha value is -2.05. The SMILES string of the molecule is CCOC(=O)C[C@H](N[S@](=O)C(C)(C)C)c1cc(-c2c(C)cccc2C)cc(C)c1F. The lowest BCUT2D eigenvalue weighted by molar-refractivity contribution is -0.143. The molecule has 0 aliphatic rings. The maximum Gasteiger partial charge on any atom is 0.307 e. The molecule has 0 unspecified atom stereocenters. The van der Waals surface area contributed by atoms with Crippen molar-refractivity contribution in [1.82, 2.24) is 4.72 Å². The minimum Gasteiger partial charge on any atom is -0.466 e. The van der Waals surface area contributed by atoms with Crippen LogP contribution >= 0.6 is 0 Å². The molecule has 0 saturated carbocycles. The van der Waals surface area contributed by atoms with Crippen LogP contribution in [0.1, 0.15) is 62.4 Å². The van der Waals surface area contributed by atoms with Crippen LogP contribution in [0.2, 0.25) is 0 Å². The number of nitrogens with one attached hydrogen (secondary N) is 1. The summed E-state index contributed by atoms with van der Waals surface area (Å²) >= 11 is 0. The Morgan fingerprint density at radius 1 is 1.13 bits per heavy atom. The Bertz CT molecular complexity index is 930. The number of carbonyl (C=O) groups is 1. The summed E-state index contributed by atoms with van der Waals surface area (Å²) in [5.74, 6) is -0.867. The Kier molecular flexibility index (Phi) is 7.94. The Morgan fingerprint density at radius 2 is 1.73 bits per heavy atom. The van der Waals surface area contributed by atoms with E-state index in [0.717, 1.165) is 22.3 Å². The molecule has 6 heteroatoms. The third kappa shape index (κ3) is 5.76. The van der Waals surface area contributed by atoms with E-state index >= 15 is 4.39 Å². The molecule has 4 nitrogen and oxygen atoms in total. The Labute approximate surface area is 181 Å². The van der Waals surface area contributed by atoms with Gasteiger partial charge in [-0.15, -0.1) is 0 Å². The molecular weight excluding hydrogens is 401 g/mol. The van der Waals surface area contributed by atoms with Gasteiger partial charge in [0.2, 0.25) is 0 Å². The molecule has 2 rings (SSSR count). The second-order valence-electron chi connectivity index (χ2n) is 8.52. The van der Waals surface area contributed by atoms with Crippen LogP contribution in [0.5, 0.6) is 0 Å². The molecule has 0 saturated heterocycles. The van der Waals surface area contributed by atoms with Gasteiger partial charge in [0, 0.05) is 5.56 Å². The van der Waals surface area contributed by atoms with Crippen molar-refractivity contribution in [2.75, 3.05) is 6.61 Å². The van der Waals surface area contributed by atoms with E-state index < -0.39 is 33.6 Å². The van der Waals surface area contributed by atoms with Crippen molar-refractivity contribution in [3.63, 3.8) is 0 Å². The van der Waals surface area contributed by atoms with Crippen molar-refractivity contribution >= 4 is 17.0 Å². The first kappa shape index (κ1) is 24.2. The number of carbonyl (C=O) groups excluding carboxylic acids is 1. The predicted octanol–water partition coefficient (Wildman–Crippen LogP) is 5.46. The third-order valence-corrected chi connectivity index (χ3v) is 6.52. The molecule has 1 N–H and O–H groups in total. The fraction of sp³-hybridized carbons (Fsp3) is 0.458. The smallest absolute Gasteiger partial charge is 0.307 e. The van der Waals surface area contributed by atoms with Crippen LogP contribution in [0.15, 0.2) is 30.3 Å². The average molecular weight is 434 g/mol. The fourth-order valence-corrected chi connectivity index (χ4v) is 4.19. The van der Waals surface area contributed by atoms with E-state index in [4.69, 9.17) is 4.74 Å². The number of ether oxygens (including phenoxy) is 1. The summed E-state index contributed by atoms with van der Waals surface area (Å²) in [6.45, 7) is 13.2. The molecule has 2 aromatic rings. The molecule has 0 aliphatic heterocycles. The second-order valence-corrected chi connectivity index (χ2v) is 10.5. The van der Waals surface area contributed by atoms with Gasteiger partial charge in [-0.25, -0.2) is 13.3 Å². The van der Waals surface area contributed by atoms with E-state index in [-0.39, 0.29) is 13.0 Å². The quantitative estimate of drug-likeness (QED) is 0.590. The lowest BCUT2D eigenvalue weighted by atomic mass is 9.91. The van der Waals surface area contributed by atoms with Crippen molar-refractivity contribution < 1.29 is 18.1 Å². The monoisotopic (exact) mass is 433 g/mol. The van der Waals surface area contributed by atoms with Crippen LogP contribution in [-0.2, 0) is 20.5 Å². The molecule has 0 fully saturated rings. The summed E-state index contributed by atoms with van der Waals surface area (Å²) in [6, 6.07) is 8.83. The van der Waals surface area contributed by atoms with E-state index in [1.807, 2.05) is 58.9 Å². The highest BCUT2D eigenvalue weighted by Crippen LogP contribution is 2.33. The van der Waals surface area contributed by atoms with Crippen LogP contribution < -0.4 is 4.72 Å². The minimum absolute atomic E-state index is 0.109. The zero-order chi connectivity index (χ0) is 22.6. The zero-order valence-corrected chi connectivity index (χ0v) is 19.7. The highest BCUT2D eigenvalue weighted by atomic mass is 32.2. The molecule has 0 spiro atoms. The van der Waals surface area contributed by atoms with Gasteiger partial charge in [-0.3, -0.25) is 4.79 Å². The first-order valence-electron chi connectivity index (χ1n) is 10.2. The van der Waals surface area contributed by atoms with E-state index in [2.05, 4.69) is 4.72 Å². The zero-order valence-electron chi connectivity index (χ0n) is 18.9. The molecule has 0 amide bonds. The summed E-state index contributed by atoms with van der Waals surface area (Å²) in [6.07, 6.45) is -0.109. The lowest BCUT2D eigenvalue weighted by Crippen LogP contribution is -2.37. The van der Waals surface area contributed by atoms with Crippen LogP contribution in [0.4, 0.5) is 4.39 Å². The van der Waals surface area contributed by atoms with Gasteiger partial charge < -0.3 is 4.74 Å². The number of hydrogen-bond donors (Lipinski definition) is 1. The van der Waals surface area contributed by atoms with Crippen LogP contribution in [-0.4, -0.2) is 21.5 Å². The van der Waals surface area contributed by atoms with Gasteiger partial charge in [-0.2, -0.15) is 0 Å². The summed E-state index contributed by atoms with van der Waals surface area (Å²) in [5.41, 5.74) is 4.87. The molecule has 2 atom stereocenters. The number of halogens is 1. The van der Waals surface area contributed by atoms with Gasteiger partial charge in [0.1, 0.15) is 5.82 Å². The second kappa shape index (κ2) is 9.84. The van der Waals surface area contributed by atoms with Gasteiger partial charge in [-0.1, -0.05) is 18.2 Å². The number of rotatable bonds is 7. The van der Waals surface area contributed by atoms with Crippen LogP contribution in [0.25, 0.3) is 11.1 Å². The van der Waals surface area contributed by atoms with Gasteiger partial charge in [0.05, 0.1) is 34.8 Å². The topological polar surface area (TPSA) is 55.4 Å². The molecule has 0 aromatic heterocycles. The maximum atomic E-state index is 15.2. The number of benzene rings is 2. The number of esters is 1. The summed E-state index contributed by atoms with van der Waals surface area (Å²) < 4.78 is 35.5. The minimum atomic E-state index is -1.49. The predicted molar refractivity (Wildman–Crippen MR) is 121 cm³/mol. The summed E-state index contributed by atoms with van der Waals surface area (Å²) in [7, 11) is -1.49. The first-order chi connectivity index (χ1) is 14.0. The lowest BCUT2D eigenvalue weighted by Gasteiger charge is -2.25. The molecule has 164 valence electrons. The largest absolute Gasteiger partial charge is 0.466 e. The van der Waals surface area contributed by atoms with Crippen molar-refractivity contribution in [3.05, 3.63) is 58.4 Å². The van der Waals surface area contributed by atoms with Gasteiger partial charge in [0.15, 0.2) is 0 Å². The fourth-order valence-electron chi connectivity index (χ4n) is 3.37. The van der Waals surface area contributed by atoms with E-state index in [1.54, 1.807) is 19.9 Å². The van der Waals surface area contributed by atoms with Gasteiger partial charge in [-0.05, 0) is 88.4 Å². The summed E-state index contributed by atoms with van der Waals surface area (Å²) in [4.78, 5) is 12.2. The molecule has 30 heavy (non-hydrogen) atoms. The number of hydrogen-bond acceptors (Lipinski definition) is 3. The van der Waals surface area contributed by atoms with Crippen LogP contribution in [0, 0.1) is 26.6 Å². The Morgan fingerprint density at radius 3 is 2.27 bits per heavy atom. The Balaban J connectivity index is 2.60. The van der Waals surface area contributed by atoms with Crippen LogP contribution in [0.3, 0.4) is 0 Å². The van der Waals surface area contributed by atoms with Crippen molar-refractivity contribution in [3.8, 4) is 11.1 Å². The van der Waals surface area contributed by atoms with Crippen molar-refractivity contribution in [2.45, 2.75) is 65.7 Å². The highest BCUT2D eigenvalue weighted by molar-refractivity contribution is 7.84. The van der Waals surface area contributed by atoms with Gasteiger partial charge in [0.25, 0.3) is 0 Å². The molecule has 0 radical (unpaired) electrons. The van der Waals surface area contributed by atoms with Crippen molar-refractivity contribution in [1.29, 1.82) is 0 Å². The molecule has 2 aromatic carbocycles. The third-order valence-electron chi connectivity index (χ3n) is 4.91. The molecule has 0 heterocycles. The normalized spacial score (nSPS) is 13.7. The molecule has 0 aliphatic carbocycles. The summed E-state index contributed by atoms with van der Waals surface area (Å²) in [5, 5.41) is 0. The van der Waals surface area contributed by atoms with Crippen molar-refractivity contribution in [2.24, 2.45) is 0 Å². The number of aryl methyl sites for hydroxylation is 3. The van der Waals surface area contributed by atoms with E-state index in [9.17, 15) is 9.00 Å².